The van der Waals surface area contributed by atoms with Gasteiger partial charge in [0.05, 0.1) is 11.1 Å². The van der Waals surface area contributed by atoms with E-state index in [4.69, 9.17) is 0 Å². The van der Waals surface area contributed by atoms with Gasteiger partial charge in [-0.3, -0.25) is 14.3 Å². The molecule has 2 amide bonds. The molecular weight excluding hydrogens is 173 g/mol. The summed E-state index contributed by atoms with van der Waals surface area (Å²) in [6.45, 7) is 0. The molecule has 0 N–H and O–H groups in total. The zero-order valence-electron chi connectivity index (χ0n) is 6.15. The van der Waals surface area contributed by atoms with Gasteiger partial charge in [0.15, 0.2) is 0 Å². The lowest BCUT2D eigenvalue weighted by atomic mass is 10.1. The number of rotatable bonds is 0. The molecule has 1 unspecified atom stereocenters. The summed E-state index contributed by atoms with van der Waals surface area (Å²) in [6.07, 6.45) is 0. The van der Waals surface area contributed by atoms with Crippen molar-refractivity contribution in [3.8, 4) is 0 Å². The van der Waals surface area contributed by atoms with Crippen molar-refractivity contribution in [1.82, 2.24) is 4.67 Å². The van der Waals surface area contributed by atoms with E-state index < -0.39 is 0 Å². The maximum absolute atomic E-state index is 11.3. The summed E-state index contributed by atoms with van der Waals surface area (Å²) in [6, 6.07) is 6.79. The predicted octanol–water partition coefficient (Wildman–Crippen LogP) is 1.07. The Hall–Kier alpha value is -1.21. The van der Waals surface area contributed by atoms with Crippen LogP contribution < -0.4 is 0 Å². The molecule has 1 aromatic carbocycles. The van der Waals surface area contributed by atoms with E-state index in [9.17, 15) is 9.59 Å². The van der Waals surface area contributed by atoms with Gasteiger partial charge < -0.3 is 0 Å². The van der Waals surface area contributed by atoms with Crippen LogP contribution in [0.2, 0.25) is 0 Å². The molecule has 12 heavy (non-hydrogen) atoms. The molecule has 1 heterocycles. The monoisotopic (exact) mass is 179 g/mol. The highest BCUT2D eigenvalue weighted by atomic mass is 31.0. The van der Waals surface area contributed by atoms with Crippen molar-refractivity contribution in [1.29, 1.82) is 0 Å². The van der Waals surface area contributed by atoms with Crippen LogP contribution in [0.25, 0.3) is 0 Å². The lowest BCUT2D eigenvalue weighted by Gasteiger charge is -2.02. The van der Waals surface area contributed by atoms with Gasteiger partial charge in [0.25, 0.3) is 11.8 Å². The molecule has 1 aromatic rings. The quantitative estimate of drug-likeness (QED) is 0.441. The molecule has 0 aromatic heterocycles. The van der Waals surface area contributed by atoms with Gasteiger partial charge in [-0.05, 0) is 21.5 Å². The highest BCUT2D eigenvalue weighted by Gasteiger charge is 2.31. The Morgan fingerprint density at radius 1 is 1.00 bits per heavy atom. The molecule has 3 nitrogen and oxygen atoms in total. The van der Waals surface area contributed by atoms with E-state index >= 15 is 0 Å². The van der Waals surface area contributed by atoms with Crippen molar-refractivity contribution < 1.29 is 9.59 Å². The SMILES string of the molecule is O=C1c2ccccc2C(=O)N1P. The van der Waals surface area contributed by atoms with Crippen molar-refractivity contribution in [3.05, 3.63) is 35.4 Å². The molecule has 4 heteroatoms. The summed E-state index contributed by atoms with van der Waals surface area (Å²) in [5.41, 5.74) is 0.968. The molecule has 1 atom stereocenters. The second-order valence-corrected chi connectivity index (χ2v) is 3.04. The third-order valence-corrected chi connectivity index (χ3v) is 2.29. The Labute approximate surface area is 71.6 Å². The first-order valence-corrected chi connectivity index (χ1v) is 3.96. The molecule has 0 radical (unpaired) electrons. The van der Waals surface area contributed by atoms with Crippen molar-refractivity contribution in [3.63, 3.8) is 0 Å². The molecule has 1 aliphatic heterocycles. The van der Waals surface area contributed by atoms with E-state index in [1.807, 2.05) is 0 Å². The Morgan fingerprint density at radius 3 is 1.83 bits per heavy atom. The summed E-state index contributed by atoms with van der Waals surface area (Å²) >= 11 is 0. The highest BCUT2D eigenvalue weighted by Crippen LogP contribution is 2.24. The van der Waals surface area contributed by atoms with Gasteiger partial charge in [-0.1, -0.05) is 12.1 Å². The largest absolute Gasteiger partial charge is 0.268 e. The minimum atomic E-state index is -0.249. The second-order valence-electron chi connectivity index (χ2n) is 2.53. The Bertz CT molecular complexity index is 340. The van der Waals surface area contributed by atoms with Crippen LogP contribution in [-0.2, 0) is 0 Å². The first-order chi connectivity index (χ1) is 5.72. The number of hydrogen-bond acceptors (Lipinski definition) is 2. The lowest BCUT2D eigenvalue weighted by molar-refractivity contribution is 0.0775. The first kappa shape index (κ1) is 7.44. The van der Waals surface area contributed by atoms with Gasteiger partial charge in [0, 0.05) is 0 Å². The smallest absolute Gasteiger partial charge is 0.264 e. The van der Waals surface area contributed by atoms with Crippen molar-refractivity contribution in [2.45, 2.75) is 0 Å². The summed E-state index contributed by atoms with van der Waals surface area (Å²) in [4.78, 5) is 22.6. The number of carbonyl (C=O) groups excluding carboxylic acids is 2. The van der Waals surface area contributed by atoms with Crippen LogP contribution in [0.5, 0.6) is 0 Å². The van der Waals surface area contributed by atoms with E-state index in [0.717, 1.165) is 4.67 Å². The van der Waals surface area contributed by atoms with Gasteiger partial charge in [-0.2, -0.15) is 0 Å². The van der Waals surface area contributed by atoms with E-state index in [-0.39, 0.29) is 11.8 Å². The van der Waals surface area contributed by atoms with Crippen LogP contribution in [0.1, 0.15) is 20.7 Å². The molecule has 0 bridgehead atoms. The normalized spacial score (nSPS) is 15.2. The van der Waals surface area contributed by atoms with Crippen molar-refractivity contribution in [2.75, 3.05) is 0 Å². The Balaban J connectivity index is 2.67. The number of hydrogen-bond donors (Lipinski definition) is 0. The third kappa shape index (κ3) is 0.802. The molecule has 1 aliphatic rings. The minimum Gasteiger partial charge on any atom is -0.268 e. The number of fused-ring (bicyclic) bond motifs is 1. The van der Waals surface area contributed by atoms with Gasteiger partial charge >= 0.3 is 0 Å². The first-order valence-electron chi connectivity index (χ1n) is 3.44. The zero-order valence-corrected chi connectivity index (χ0v) is 7.31. The van der Waals surface area contributed by atoms with Crippen LogP contribution in [-0.4, -0.2) is 16.5 Å². The summed E-state index contributed by atoms with van der Waals surface area (Å²) in [5.74, 6) is -0.499. The van der Waals surface area contributed by atoms with Crippen LogP contribution in [0, 0.1) is 0 Å². The molecular formula is C8H6NO2P. The lowest BCUT2D eigenvalue weighted by Crippen LogP contribution is -2.17. The second kappa shape index (κ2) is 2.39. The van der Waals surface area contributed by atoms with Gasteiger partial charge in [-0.25, -0.2) is 0 Å². The summed E-state index contributed by atoms with van der Waals surface area (Å²) in [7, 11) is 2.11. The molecule has 0 fully saturated rings. The maximum Gasteiger partial charge on any atom is 0.264 e. The average Bonchev–Trinajstić information content (AvgIpc) is 2.33. The maximum atomic E-state index is 11.3. The fourth-order valence-electron chi connectivity index (χ4n) is 1.21. The zero-order chi connectivity index (χ0) is 8.72. The fourth-order valence-corrected chi connectivity index (χ4v) is 1.49. The summed E-state index contributed by atoms with van der Waals surface area (Å²) < 4.78 is 1.05. The van der Waals surface area contributed by atoms with Crippen LogP contribution in [0.15, 0.2) is 24.3 Å². The van der Waals surface area contributed by atoms with Gasteiger partial charge in [-0.15, -0.1) is 0 Å². The van der Waals surface area contributed by atoms with E-state index in [0.29, 0.717) is 11.1 Å². The van der Waals surface area contributed by atoms with E-state index in [1.54, 1.807) is 24.3 Å². The number of amides is 2. The summed E-state index contributed by atoms with van der Waals surface area (Å²) in [5, 5.41) is 0. The van der Waals surface area contributed by atoms with E-state index in [1.165, 1.54) is 0 Å². The van der Waals surface area contributed by atoms with Crippen LogP contribution in [0.4, 0.5) is 0 Å². The molecule has 0 saturated heterocycles. The van der Waals surface area contributed by atoms with Crippen LogP contribution in [0.3, 0.4) is 0 Å². The standard InChI is InChI=1S/C8H6NO2P/c10-7-5-3-1-2-4-6(5)8(11)9(7)12/h1-4H,12H2. The number of nitrogens with zero attached hydrogens (tertiary/aromatic N) is 1. The number of carbonyl (C=O) groups is 2. The number of benzene rings is 1. The molecule has 0 aliphatic carbocycles. The van der Waals surface area contributed by atoms with E-state index in [2.05, 4.69) is 9.39 Å². The van der Waals surface area contributed by atoms with Crippen molar-refractivity contribution in [2.24, 2.45) is 0 Å². The van der Waals surface area contributed by atoms with Gasteiger partial charge in [0.1, 0.15) is 0 Å². The topological polar surface area (TPSA) is 37.4 Å². The molecule has 0 spiro atoms. The minimum absolute atomic E-state index is 0.249. The van der Waals surface area contributed by atoms with Gasteiger partial charge in [0.2, 0.25) is 0 Å². The highest BCUT2D eigenvalue weighted by molar-refractivity contribution is 7.16. The third-order valence-electron chi connectivity index (χ3n) is 1.83. The Morgan fingerprint density at radius 2 is 1.42 bits per heavy atom. The average molecular weight is 179 g/mol. The predicted molar refractivity (Wildman–Crippen MR) is 46.7 cm³/mol. The molecule has 2 rings (SSSR count). The fraction of sp³-hybridized carbons (Fsp3) is 0. The molecule has 0 saturated carbocycles. The Kier molecular flexibility index (Phi) is 1.48. The number of imide groups is 1. The molecule has 60 valence electrons. The van der Waals surface area contributed by atoms with Crippen LogP contribution >= 0.6 is 9.39 Å². The van der Waals surface area contributed by atoms with Crippen molar-refractivity contribution >= 4 is 21.2 Å².